The predicted molar refractivity (Wildman–Crippen MR) is 81.5 cm³/mol. The molecule has 2 rings (SSSR count). The van der Waals surface area contributed by atoms with Crippen molar-refractivity contribution in [2.24, 2.45) is 5.73 Å². The van der Waals surface area contributed by atoms with Crippen molar-refractivity contribution in [2.75, 3.05) is 20.2 Å². The molecule has 1 aromatic rings. The van der Waals surface area contributed by atoms with Gasteiger partial charge in [0.25, 0.3) is 0 Å². The molecule has 114 valence electrons. The SMILES string of the molecule is COc1ccc(S(=O)(=O)N2CCCC2C)cc1C#CCN. The van der Waals surface area contributed by atoms with E-state index in [4.69, 9.17) is 10.5 Å². The minimum atomic E-state index is -3.48. The summed E-state index contributed by atoms with van der Waals surface area (Å²) in [5, 5.41) is 0. The maximum atomic E-state index is 12.7. The number of hydrogen-bond acceptors (Lipinski definition) is 4. The molecule has 1 aliphatic heterocycles. The lowest BCUT2D eigenvalue weighted by Crippen LogP contribution is -2.33. The number of nitrogens with zero attached hydrogens (tertiary/aromatic N) is 1. The normalized spacial score (nSPS) is 19.1. The molecule has 1 saturated heterocycles. The van der Waals surface area contributed by atoms with Gasteiger partial charge in [0.05, 0.1) is 24.1 Å². The van der Waals surface area contributed by atoms with Crippen LogP contribution in [0.1, 0.15) is 25.3 Å². The molecule has 1 aliphatic rings. The van der Waals surface area contributed by atoms with E-state index >= 15 is 0 Å². The summed E-state index contributed by atoms with van der Waals surface area (Å²) in [5.41, 5.74) is 5.91. The largest absolute Gasteiger partial charge is 0.495 e. The summed E-state index contributed by atoms with van der Waals surface area (Å²) in [5.74, 6) is 6.13. The van der Waals surface area contributed by atoms with Gasteiger partial charge in [-0.1, -0.05) is 11.8 Å². The summed E-state index contributed by atoms with van der Waals surface area (Å²) >= 11 is 0. The van der Waals surface area contributed by atoms with Gasteiger partial charge in [-0.25, -0.2) is 8.42 Å². The van der Waals surface area contributed by atoms with E-state index in [9.17, 15) is 8.42 Å². The van der Waals surface area contributed by atoms with E-state index in [1.807, 2.05) is 6.92 Å². The highest BCUT2D eigenvalue weighted by Gasteiger charge is 2.32. The van der Waals surface area contributed by atoms with Gasteiger partial charge in [-0.15, -0.1) is 0 Å². The van der Waals surface area contributed by atoms with Gasteiger partial charge in [-0.3, -0.25) is 0 Å². The first-order chi connectivity index (χ1) is 10.0. The minimum Gasteiger partial charge on any atom is -0.495 e. The summed E-state index contributed by atoms with van der Waals surface area (Å²) in [6.45, 7) is 2.71. The Morgan fingerprint density at radius 2 is 2.24 bits per heavy atom. The molecule has 1 fully saturated rings. The van der Waals surface area contributed by atoms with Gasteiger partial charge in [-0.2, -0.15) is 4.31 Å². The summed E-state index contributed by atoms with van der Waals surface area (Å²) < 4.78 is 32.1. The fraction of sp³-hybridized carbons (Fsp3) is 0.467. The molecule has 0 spiro atoms. The second-order valence-electron chi connectivity index (χ2n) is 4.97. The predicted octanol–water partition coefficient (Wildman–Crippen LogP) is 1.18. The molecule has 5 nitrogen and oxygen atoms in total. The van der Waals surface area contributed by atoms with Crippen molar-refractivity contribution in [1.29, 1.82) is 0 Å². The molecule has 2 N–H and O–H groups in total. The number of hydrogen-bond donors (Lipinski definition) is 1. The second kappa shape index (κ2) is 6.48. The Kier molecular flexibility index (Phi) is 4.88. The molecule has 0 saturated carbocycles. The van der Waals surface area contributed by atoms with Gasteiger partial charge in [-0.05, 0) is 38.0 Å². The molecule has 0 aliphatic carbocycles. The highest BCUT2D eigenvalue weighted by molar-refractivity contribution is 7.89. The number of rotatable bonds is 3. The van der Waals surface area contributed by atoms with Crippen LogP contribution in [0.25, 0.3) is 0 Å². The Balaban J connectivity index is 2.44. The maximum Gasteiger partial charge on any atom is 0.243 e. The third kappa shape index (κ3) is 3.21. The van der Waals surface area contributed by atoms with Crippen LogP contribution in [-0.2, 0) is 10.0 Å². The molecule has 21 heavy (non-hydrogen) atoms. The van der Waals surface area contributed by atoms with E-state index in [2.05, 4.69) is 11.8 Å². The van der Waals surface area contributed by atoms with Crippen molar-refractivity contribution < 1.29 is 13.2 Å². The van der Waals surface area contributed by atoms with Crippen LogP contribution in [0.4, 0.5) is 0 Å². The van der Waals surface area contributed by atoms with E-state index in [1.165, 1.54) is 7.11 Å². The van der Waals surface area contributed by atoms with Gasteiger partial charge >= 0.3 is 0 Å². The van der Waals surface area contributed by atoms with E-state index in [1.54, 1.807) is 22.5 Å². The Morgan fingerprint density at radius 1 is 1.48 bits per heavy atom. The lowest BCUT2D eigenvalue weighted by atomic mass is 10.2. The van der Waals surface area contributed by atoms with Crippen LogP contribution in [0.15, 0.2) is 23.1 Å². The molecule has 0 amide bonds. The van der Waals surface area contributed by atoms with Crippen molar-refractivity contribution in [2.45, 2.75) is 30.7 Å². The van der Waals surface area contributed by atoms with Gasteiger partial charge in [0, 0.05) is 12.6 Å². The first kappa shape index (κ1) is 15.8. The van der Waals surface area contributed by atoms with E-state index < -0.39 is 10.0 Å². The Hall–Kier alpha value is -1.55. The number of ether oxygens (including phenoxy) is 1. The zero-order chi connectivity index (χ0) is 15.5. The number of methoxy groups -OCH3 is 1. The Labute approximate surface area is 126 Å². The van der Waals surface area contributed by atoms with Crippen LogP contribution in [0, 0.1) is 11.8 Å². The summed E-state index contributed by atoms with van der Waals surface area (Å²) in [6, 6.07) is 4.79. The third-order valence-corrected chi connectivity index (χ3v) is 5.60. The zero-order valence-electron chi connectivity index (χ0n) is 12.3. The molecule has 1 atom stereocenters. The smallest absolute Gasteiger partial charge is 0.243 e. The summed E-state index contributed by atoms with van der Waals surface area (Å²) in [7, 11) is -1.95. The molecular weight excluding hydrogens is 288 g/mol. The lowest BCUT2D eigenvalue weighted by molar-refractivity contribution is 0.406. The Bertz CT molecular complexity index is 674. The fourth-order valence-electron chi connectivity index (χ4n) is 2.49. The fourth-order valence-corrected chi connectivity index (χ4v) is 4.22. The zero-order valence-corrected chi connectivity index (χ0v) is 13.1. The van der Waals surface area contributed by atoms with Crippen LogP contribution < -0.4 is 10.5 Å². The molecule has 1 heterocycles. The van der Waals surface area contributed by atoms with Crippen molar-refractivity contribution in [3.63, 3.8) is 0 Å². The standard InChI is InChI=1S/C15H20N2O3S/c1-12-5-4-10-17(12)21(18,19)14-7-8-15(20-2)13(11-14)6-3-9-16/h7-8,11-12H,4-5,9-10,16H2,1-2H3. The highest BCUT2D eigenvalue weighted by Crippen LogP contribution is 2.28. The Morgan fingerprint density at radius 3 is 2.81 bits per heavy atom. The third-order valence-electron chi connectivity index (χ3n) is 3.59. The highest BCUT2D eigenvalue weighted by atomic mass is 32.2. The van der Waals surface area contributed by atoms with Crippen molar-refractivity contribution >= 4 is 10.0 Å². The average Bonchev–Trinajstić information content (AvgIpc) is 2.91. The molecule has 0 bridgehead atoms. The molecule has 6 heteroatoms. The van der Waals surface area contributed by atoms with Crippen LogP contribution >= 0.6 is 0 Å². The van der Waals surface area contributed by atoms with Crippen molar-refractivity contribution in [3.8, 4) is 17.6 Å². The lowest BCUT2D eigenvalue weighted by Gasteiger charge is -2.21. The monoisotopic (exact) mass is 308 g/mol. The molecule has 0 aromatic heterocycles. The second-order valence-corrected chi connectivity index (χ2v) is 6.87. The van der Waals surface area contributed by atoms with Gasteiger partial charge in [0.2, 0.25) is 10.0 Å². The number of benzene rings is 1. The van der Waals surface area contributed by atoms with Gasteiger partial charge in [0.1, 0.15) is 5.75 Å². The minimum absolute atomic E-state index is 0.0377. The number of sulfonamides is 1. The van der Waals surface area contributed by atoms with Gasteiger partial charge in [0.15, 0.2) is 0 Å². The van der Waals surface area contributed by atoms with E-state index in [0.29, 0.717) is 17.9 Å². The molecule has 1 aromatic carbocycles. The van der Waals surface area contributed by atoms with Crippen LogP contribution in [0.3, 0.4) is 0 Å². The van der Waals surface area contributed by atoms with Crippen LogP contribution in [0.2, 0.25) is 0 Å². The topological polar surface area (TPSA) is 72.6 Å². The first-order valence-electron chi connectivity index (χ1n) is 6.89. The first-order valence-corrected chi connectivity index (χ1v) is 8.33. The van der Waals surface area contributed by atoms with Crippen LogP contribution in [0.5, 0.6) is 5.75 Å². The van der Waals surface area contributed by atoms with Crippen molar-refractivity contribution in [1.82, 2.24) is 4.31 Å². The summed E-state index contributed by atoms with van der Waals surface area (Å²) in [4.78, 5) is 0.248. The quantitative estimate of drug-likeness (QED) is 0.851. The average molecular weight is 308 g/mol. The van der Waals surface area contributed by atoms with E-state index in [0.717, 1.165) is 12.8 Å². The molecule has 0 radical (unpaired) electrons. The van der Waals surface area contributed by atoms with Crippen LogP contribution in [-0.4, -0.2) is 39.0 Å². The van der Waals surface area contributed by atoms with E-state index in [-0.39, 0.29) is 17.5 Å². The van der Waals surface area contributed by atoms with Gasteiger partial charge < -0.3 is 10.5 Å². The number of nitrogens with two attached hydrogens (primary N) is 1. The summed E-state index contributed by atoms with van der Waals surface area (Å²) in [6.07, 6.45) is 1.80. The molecular formula is C15H20N2O3S. The van der Waals surface area contributed by atoms with Crippen molar-refractivity contribution in [3.05, 3.63) is 23.8 Å². The molecule has 1 unspecified atom stereocenters. The maximum absolute atomic E-state index is 12.7.